The third kappa shape index (κ3) is 2.92. The van der Waals surface area contributed by atoms with Crippen molar-refractivity contribution in [3.63, 3.8) is 0 Å². The SMILES string of the molecule is CC(c1cc(F)ccc1F)N(C)C(=O)C1CCCN1. The second-order valence-electron chi connectivity index (χ2n) is 4.94. The standard InChI is InChI=1S/C14H18F2N2O/c1-9(11-8-10(15)5-6-12(11)16)18(2)14(19)13-4-3-7-17-13/h5-6,8-9,13,17H,3-4,7H2,1-2H3. The van der Waals surface area contributed by atoms with Gasteiger partial charge in [0.2, 0.25) is 5.91 Å². The van der Waals surface area contributed by atoms with E-state index in [1.165, 1.54) is 4.90 Å². The van der Waals surface area contributed by atoms with E-state index < -0.39 is 17.7 Å². The van der Waals surface area contributed by atoms with Crippen molar-refractivity contribution in [3.05, 3.63) is 35.4 Å². The van der Waals surface area contributed by atoms with Crippen LogP contribution in [0.3, 0.4) is 0 Å². The number of amides is 1. The quantitative estimate of drug-likeness (QED) is 0.911. The lowest BCUT2D eigenvalue weighted by atomic mass is 10.1. The van der Waals surface area contributed by atoms with Crippen LogP contribution in [0.4, 0.5) is 8.78 Å². The van der Waals surface area contributed by atoms with Gasteiger partial charge in [0.15, 0.2) is 0 Å². The maximum Gasteiger partial charge on any atom is 0.239 e. The lowest BCUT2D eigenvalue weighted by Gasteiger charge is -2.28. The third-order valence-corrected chi connectivity index (χ3v) is 3.70. The van der Waals surface area contributed by atoms with Gasteiger partial charge in [0.1, 0.15) is 11.6 Å². The fraction of sp³-hybridized carbons (Fsp3) is 0.500. The van der Waals surface area contributed by atoms with Gasteiger partial charge in [-0.05, 0) is 44.5 Å². The lowest BCUT2D eigenvalue weighted by Crippen LogP contribution is -2.42. The molecule has 19 heavy (non-hydrogen) atoms. The largest absolute Gasteiger partial charge is 0.338 e. The molecule has 0 aromatic heterocycles. The highest BCUT2D eigenvalue weighted by atomic mass is 19.1. The van der Waals surface area contributed by atoms with Crippen molar-refractivity contribution in [1.82, 2.24) is 10.2 Å². The van der Waals surface area contributed by atoms with Gasteiger partial charge in [-0.3, -0.25) is 4.79 Å². The van der Waals surface area contributed by atoms with Gasteiger partial charge in [-0.2, -0.15) is 0 Å². The van der Waals surface area contributed by atoms with E-state index in [-0.39, 0.29) is 17.5 Å². The number of hydrogen-bond donors (Lipinski definition) is 1. The number of carbonyl (C=O) groups is 1. The summed E-state index contributed by atoms with van der Waals surface area (Å²) >= 11 is 0. The number of benzene rings is 1. The molecule has 1 saturated heterocycles. The van der Waals surface area contributed by atoms with Crippen LogP contribution in [0.25, 0.3) is 0 Å². The predicted octanol–water partition coefficient (Wildman–Crippen LogP) is 2.24. The average molecular weight is 268 g/mol. The highest BCUT2D eigenvalue weighted by Crippen LogP contribution is 2.24. The molecule has 0 bridgehead atoms. The van der Waals surface area contributed by atoms with Crippen LogP contribution < -0.4 is 5.32 Å². The molecule has 104 valence electrons. The van der Waals surface area contributed by atoms with Crippen molar-refractivity contribution in [2.24, 2.45) is 0 Å². The Morgan fingerprint density at radius 3 is 2.84 bits per heavy atom. The van der Waals surface area contributed by atoms with Gasteiger partial charge in [0.05, 0.1) is 12.1 Å². The lowest BCUT2D eigenvalue weighted by molar-refractivity contribution is -0.133. The summed E-state index contributed by atoms with van der Waals surface area (Å²) in [4.78, 5) is 13.7. The van der Waals surface area contributed by atoms with Crippen molar-refractivity contribution >= 4 is 5.91 Å². The third-order valence-electron chi connectivity index (χ3n) is 3.70. The van der Waals surface area contributed by atoms with Gasteiger partial charge in [0, 0.05) is 12.6 Å². The van der Waals surface area contributed by atoms with Gasteiger partial charge >= 0.3 is 0 Å². The normalized spacial score (nSPS) is 20.3. The number of nitrogens with one attached hydrogen (secondary N) is 1. The fourth-order valence-corrected chi connectivity index (χ4v) is 2.38. The van der Waals surface area contributed by atoms with E-state index in [0.29, 0.717) is 0 Å². The summed E-state index contributed by atoms with van der Waals surface area (Å²) in [5, 5.41) is 3.11. The molecule has 1 aliphatic rings. The molecule has 1 aromatic carbocycles. The molecule has 1 amide bonds. The first-order valence-electron chi connectivity index (χ1n) is 6.45. The Hall–Kier alpha value is -1.49. The second-order valence-corrected chi connectivity index (χ2v) is 4.94. The van der Waals surface area contributed by atoms with Gasteiger partial charge in [-0.15, -0.1) is 0 Å². The molecule has 1 N–H and O–H groups in total. The number of rotatable bonds is 3. The minimum absolute atomic E-state index is 0.0753. The van der Waals surface area contributed by atoms with E-state index in [1.54, 1.807) is 14.0 Å². The molecule has 1 heterocycles. The summed E-state index contributed by atoms with van der Waals surface area (Å²) in [5.74, 6) is -1.07. The Morgan fingerprint density at radius 1 is 1.47 bits per heavy atom. The molecule has 1 aliphatic heterocycles. The van der Waals surface area contributed by atoms with E-state index in [4.69, 9.17) is 0 Å². The molecule has 2 unspecified atom stereocenters. The maximum atomic E-state index is 13.7. The summed E-state index contributed by atoms with van der Waals surface area (Å²) in [6, 6.07) is 2.61. The highest BCUT2D eigenvalue weighted by molar-refractivity contribution is 5.82. The zero-order valence-corrected chi connectivity index (χ0v) is 11.1. The molecular formula is C14H18F2N2O. The summed E-state index contributed by atoms with van der Waals surface area (Å²) < 4.78 is 26.9. The molecular weight excluding hydrogens is 250 g/mol. The van der Waals surface area contributed by atoms with Gasteiger partial charge in [0.25, 0.3) is 0 Å². The van der Waals surface area contributed by atoms with Crippen LogP contribution in [0, 0.1) is 11.6 Å². The maximum absolute atomic E-state index is 13.7. The van der Waals surface area contributed by atoms with Crippen molar-refractivity contribution < 1.29 is 13.6 Å². The molecule has 0 radical (unpaired) electrons. The number of hydrogen-bond acceptors (Lipinski definition) is 2. The molecule has 3 nitrogen and oxygen atoms in total. The molecule has 5 heteroatoms. The van der Waals surface area contributed by atoms with E-state index >= 15 is 0 Å². The van der Waals surface area contributed by atoms with Crippen molar-refractivity contribution in [2.75, 3.05) is 13.6 Å². The Labute approximate surface area is 111 Å². The Morgan fingerprint density at radius 2 is 2.21 bits per heavy atom. The van der Waals surface area contributed by atoms with Crippen LogP contribution in [0.5, 0.6) is 0 Å². The first-order chi connectivity index (χ1) is 9.00. The molecule has 2 atom stereocenters. The van der Waals surface area contributed by atoms with Crippen LogP contribution in [-0.4, -0.2) is 30.4 Å². The van der Waals surface area contributed by atoms with Crippen molar-refractivity contribution in [3.8, 4) is 0 Å². The average Bonchev–Trinajstić information content (AvgIpc) is 2.93. The van der Waals surface area contributed by atoms with Gasteiger partial charge in [-0.25, -0.2) is 8.78 Å². The molecule has 1 aromatic rings. The van der Waals surface area contributed by atoms with Gasteiger partial charge in [-0.1, -0.05) is 0 Å². The molecule has 1 fully saturated rings. The Bertz CT molecular complexity index is 473. The minimum atomic E-state index is -0.497. The van der Waals surface area contributed by atoms with Crippen LogP contribution in [-0.2, 0) is 4.79 Å². The van der Waals surface area contributed by atoms with Crippen LogP contribution in [0.1, 0.15) is 31.4 Å². The zero-order chi connectivity index (χ0) is 14.0. The van der Waals surface area contributed by atoms with Crippen LogP contribution >= 0.6 is 0 Å². The number of likely N-dealkylation sites (N-methyl/N-ethyl adjacent to an activating group) is 1. The van der Waals surface area contributed by atoms with Crippen LogP contribution in [0.2, 0.25) is 0 Å². The zero-order valence-electron chi connectivity index (χ0n) is 11.1. The first kappa shape index (κ1) is 13.9. The monoisotopic (exact) mass is 268 g/mol. The summed E-state index contributed by atoms with van der Waals surface area (Å²) in [5.41, 5.74) is 0.203. The van der Waals surface area contributed by atoms with E-state index in [9.17, 15) is 13.6 Å². The smallest absolute Gasteiger partial charge is 0.239 e. The summed E-state index contributed by atoms with van der Waals surface area (Å²) in [6.45, 7) is 2.53. The summed E-state index contributed by atoms with van der Waals surface area (Å²) in [6.07, 6.45) is 1.76. The number of nitrogens with zero attached hydrogens (tertiary/aromatic N) is 1. The second kappa shape index (κ2) is 5.65. The molecule has 0 saturated carbocycles. The van der Waals surface area contributed by atoms with Crippen molar-refractivity contribution in [2.45, 2.75) is 31.8 Å². The summed E-state index contributed by atoms with van der Waals surface area (Å²) in [7, 11) is 1.62. The first-order valence-corrected chi connectivity index (χ1v) is 6.45. The molecule has 2 rings (SSSR count). The van der Waals surface area contributed by atoms with E-state index in [0.717, 1.165) is 37.6 Å². The van der Waals surface area contributed by atoms with Gasteiger partial charge < -0.3 is 10.2 Å². The topological polar surface area (TPSA) is 32.3 Å². The Kier molecular flexibility index (Phi) is 4.14. The fourth-order valence-electron chi connectivity index (χ4n) is 2.38. The highest BCUT2D eigenvalue weighted by Gasteiger charge is 2.28. The van der Waals surface area contributed by atoms with E-state index in [2.05, 4.69) is 5.32 Å². The Balaban J connectivity index is 2.15. The van der Waals surface area contributed by atoms with Crippen molar-refractivity contribution in [1.29, 1.82) is 0 Å². The number of carbonyl (C=O) groups excluding carboxylic acids is 1. The van der Waals surface area contributed by atoms with E-state index in [1.807, 2.05) is 0 Å². The minimum Gasteiger partial charge on any atom is -0.338 e. The molecule has 0 spiro atoms. The molecule has 0 aliphatic carbocycles. The predicted molar refractivity (Wildman–Crippen MR) is 68.6 cm³/mol. The van der Waals surface area contributed by atoms with Crippen LogP contribution in [0.15, 0.2) is 18.2 Å². The number of halogens is 2.